The molecule has 0 spiro atoms. The molecule has 0 aromatic heterocycles. The second kappa shape index (κ2) is 6.84. The highest BCUT2D eigenvalue weighted by Crippen LogP contribution is 2.13. The number of esters is 1. The first-order valence-electron chi connectivity index (χ1n) is 6.76. The molecule has 1 atom stereocenters. The van der Waals surface area contributed by atoms with Gasteiger partial charge in [-0.2, -0.15) is 4.31 Å². The number of likely N-dealkylation sites (N-methyl/N-ethyl adjacent to an activating group) is 1. The van der Waals surface area contributed by atoms with Crippen LogP contribution in [-0.4, -0.2) is 81.8 Å². The predicted octanol–water partition coefficient (Wildman–Crippen LogP) is -0.895. The third-order valence-corrected chi connectivity index (χ3v) is 4.92. The molecule has 1 N–H and O–H groups in total. The van der Waals surface area contributed by atoms with Crippen molar-refractivity contribution in [3.8, 4) is 0 Å². The van der Waals surface area contributed by atoms with Crippen molar-refractivity contribution in [3.05, 3.63) is 0 Å². The summed E-state index contributed by atoms with van der Waals surface area (Å²) in [6, 6.07) is 0. The van der Waals surface area contributed by atoms with Crippen LogP contribution >= 0.6 is 0 Å². The molecule has 1 rings (SSSR count). The molecular weight excluding hydrogens is 282 g/mol. The fourth-order valence-electron chi connectivity index (χ4n) is 2.20. The van der Waals surface area contributed by atoms with E-state index in [0.717, 1.165) is 0 Å². The van der Waals surface area contributed by atoms with Crippen LogP contribution in [0.3, 0.4) is 0 Å². The Bertz CT molecular complexity index is 432. The van der Waals surface area contributed by atoms with Gasteiger partial charge in [-0.1, -0.05) is 0 Å². The molecule has 0 radical (unpaired) electrons. The summed E-state index contributed by atoms with van der Waals surface area (Å²) in [5.41, 5.74) is -0.775. The fourth-order valence-corrected chi connectivity index (χ4v) is 3.03. The quantitative estimate of drug-likeness (QED) is 0.641. The average Bonchev–Trinajstić information content (AvgIpc) is 2.38. The molecule has 1 unspecified atom stereocenters. The molecule has 20 heavy (non-hydrogen) atoms. The van der Waals surface area contributed by atoms with Crippen LogP contribution in [0.2, 0.25) is 0 Å². The molecule has 0 aromatic carbocycles. The monoisotopic (exact) mass is 307 g/mol. The van der Waals surface area contributed by atoms with Crippen molar-refractivity contribution >= 4 is 16.0 Å². The van der Waals surface area contributed by atoms with Gasteiger partial charge in [-0.3, -0.25) is 9.69 Å². The van der Waals surface area contributed by atoms with Gasteiger partial charge in [0.2, 0.25) is 10.0 Å². The van der Waals surface area contributed by atoms with E-state index in [2.05, 4.69) is 10.2 Å². The van der Waals surface area contributed by atoms with E-state index in [0.29, 0.717) is 39.3 Å². The zero-order valence-electron chi connectivity index (χ0n) is 12.7. The van der Waals surface area contributed by atoms with Crippen molar-refractivity contribution in [3.63, 3.8) is 0 Å². The lowest BCUT2D eigenvalue weighted by molar-refractivity contribution is -0.151. The van der Waals surface area contributed by atoms with Gasteiger partial charge in [-0.05, 0) is 20.9 Å². The molecule has 118 valence electrons. The Kier molecular flexibility index (Phi) is 5.93. The number of nitrogens with one attached hydrogen (secondary N) is 1. The van der Waals surface area contributed by atoms with E-state index in [1.807, 2.05) is 0 Å². The molecule has 7 nitrogen and oxygen atoms in total. The molecule has 1 aliphatic heterocycles. The Morgan fingerprint density at radius 1 is 1.30 bits per heavy atom. The number of rotatable bonds is 6. The third-order valence-electron chi connectivity index (χ3n) is 3.62. The Hall–Kier alpha value is -0.700. The lowest BCUT2D eigenvalue weighted by atomic mass is 10.0. The molecule has 1 heterocycles. The van der Waals surface area contributed by atoms with Gasteiger partial charge in [0, 0.05) is 32.7 Å². The lowest BCUT2D eigenvalue weighted by Gasteiger charge is -2.38. The van der Waals surface area contributed by atoms with Crippen molar-refractivity contribution in [2.45, 2.75) is 19.4 Å². The Morgan fingerprint density at radius 2 is 1.85 bits per heavy atom. The maximum Gasteiger partial charge on any atom is 0.327 e. The molecule has 0 bridgehead atoms. The fraction of sp³-hybridized carbons (Fsp3) is 0.917. The summed E-state index contributed by atoms with van der Waals surface area (Å²) in [7, 11) is -1.40. The van der Waals surface area contributed by atoms with Crippen LogP contribution in [0.15, 0.2) is 0 Å². The molecular formula is C12H25N3O4S. The molecule has 1 aliphatic rings. The zero-order valence-corrected chi connectivity index (χ0v) is 13.5. The van der Waals surface area contributed by atoms with Crippen LogP contribution in [0, 0.1) is 0 Å². The number of nitrogens with zero attached hydrogens (tertiary/aromatic N) is 2. The van der Waals surface area contributed by atoms with E-state index >= 15 is 0 Å². The summed E-state index contributed by atoms with van der Waals surface area (Å²) < 4.78 is 29.4. The number of piperazine rings is 1. The van der Waals surface area contributed by atoms with Gasteiger partial charge in [-0.15, -0.1) is 0 Å². The van der Waals surface area contributed by atoms with Gasteiger partial charge in [0.15, 0.2) is 0 Å². The summed E-state index contributed by atoms with van der Waals surface area (Å²) >= 11 is 0. The Morgan fingerprint density at radius 3 is 2.25 bits per heavy atom. The van der Waals surface area contributed by atoms with E-state index < -0.39 is 15.6 Å². The van der Waals surface area contributed by atoms with Gasteiger partial charge in [-0.25, -0.2) is 8.42 Å². The van der Waals surface area contributed by atoms with Gasteiger partial charge < -0.3 is 10.1 Å². The highest BCUT2D eigenvalue weighted by molar-refractivity contribution is 7.88. The minimum atomic E-state index is -3.12. The van der Waals surface area contributed by atoms with Crippen molar-refractivity contribution < 1.29 is 17.9 Å². The topological polar surface area (TPSA) is 79.0 Å². The molecule has 0 aromatic rings. The molecule has 1 saturated heterocycles. The van der Waals surface area contributed by atoms with Gasteiger partial charge in [0.25, 0.3) is 0 Å². The van der Waals surface area contributed by atoms with E-state index in [1.165, 1.54) is 10.6 Å². The summed E-state index contributed by atoms with van der Waals surface area (Å²) in [6.07, 6.45) is 1.22. The van der Waals surface area contributed by atoms with Gasteiger partial charge >= 0.3 is 5.97 Å². The van der Waals surface area contributed by atoms with Crippen LogP contribution in [-0.2, 0) is 19.6 Å². The van der Waals surface area contributed by atoms with Gasteiger partial charge in [0.05, 0.1) is 12.9 Å². The normalized spacial score (nSPS) is 21.4. The summed E-state index contributed by atoms with van der Waals surface area (Å²) in [5, 5.41) is 3.00. The summed E-state index contributed by atoms with van der Waals surface area (Å²) in [6.45, 7) is 6.57. The summed E-state index contributed by atoms with van der Waals surface area (Å²) in [5.74, 6) is -0.284. The Balaban J connectivity index is 2.59. The second-order valence-corrected chi connectivity index (χ2v) is 7.22. The number of carbonyl (C=O) groups is 1. The van der Waals surface area contributed by atoms with E-state index in [9.17, 15) is 13.2 Å². The minimum Gasteiger partial charge on any atom is -0.465 e. The summed E-state index contributed by atoms with van der Waals surface area (Å²) in [4.78, 5) is 14.1. The zero-order chi connectivity index (χ0) is 15.4. The molecule has 0 saturated carbocycles. The third kappa shape index (κ3) is 4.41. The van der Waals surface area contributed by atoms with E-state index in [1.54, 1.807) is 20.9 Å². The number of hydrogen-bond acceptors (Lipinski definition) is 6. The van der Waals surface area contributed by atoms with Crippen molar-refractivity contribution in [2.75, 3.05) is 52.6 Å². The van der Waals surface area contributed by atoms with E-state index in [-0.39, 0.29) is 5.97 Å². The largest absolute Gasteiger partial charge is 0.465 e. The first kappa shape index (κ1) is 17.4. The van der Waals surface area contributed by atoms with Crippen LogP contribution in [0.5, 0.6) is 0 Å². The number of ether oxygens (including phenoxy) is 1. The smallest absolute Gasteiger partial charge is 0.327 e. The minimum absolute atomic E-state index is 0.284. The highest BCUT2D eigenvalue weighted by atomic mass is 32.2. The first-order valence-corrected chi connectivity index (χ1v) is 8.61. The molecule has 0 aliphatic carbocycles. The van der Waals surface area contributed by atoms with Crippen molar-refractivity contribution in [2.24, 2.45) is 0 Å². The first-order chi connectivity index (χ1) is 9.23. The maximum absolute atomic E-state index is 12.0. The Labute approximate surface area is 121 Å². The van der Waals surface area contributed by atoms with Crippen LogP contribution in [0.25, 0.3) is 0 Å². The molecule has 8 heteroatoms. The van der Waals surface area contributed by atoms with Crippen molar-refractivity contribution in [1.29, 1.82) is 0 Å². The number of sulfonamides is 1. The van der Waals surface area contributed by atoms with Crippen LogP contribution < -0.4 is 5.32 Å². The number of hydrogen-bond donors (Lipinski definition) is 1. The maximum atomic E-state index is 12.0. The standard InChI is InChI=1S/C12H25N3O4S/c1-5-19-11(16)12(2,13-3)10-14-6-8-15(9-7-14)20(4,17)18/h13H,5-10H2,1-4H3. The lowest BCUT2D eigenvalue weighted by Crippen LogP contribution is -2.59. The predicted molar refractivity (Wildman–Crippen MR) is 77.0 cm³/mol. The van der Waals surface area contributed by atoms with Crippen molar-refractivity contribution in [1.82, 2.24) is 14.5 Å². The molecule has 1 fully saturated rings. The SMILES string of the molecule is CCOC(=O)C(C)(CN1CCN(S(C)(=O)=O)CC1)NC. The van der Waals surface area contributed by atoms with Crippen LogP contribution in [0.1, 0.15) is 13.8 Å². The van der Waals surface area contributed by atoms with Gasteiger partial charge in [0.1, 0.15) is 5.54 Å². The average molecular weight is 307 g/mol. The molecule has 0 amide bonds. The second-order valence-electron chi connectivity index (χ2n) is 5.24. The van der Waals surface area contributed by atoms with E-state index in [4.69, 9.17) is 4.74 Å². The number of carbonyl (C=O) groups excluding carboxylic acids is 1. The van der Waals surface area contributed by atoms with Crippen LogP contribution in [0.4, 0.5) is 0 Å². The highest BCUT2D eigenvalue weighted by Gasteiger charge is 2.36.